The summed E-state index contributed by atoms with van der Waals surface area (Å²) in [4.78, 5) is 4.93. The van der Waals surface area contributed by atoms with Gasteiger partial charge in [0.25, 0.3) is 0 Å². The number of nitrogens with zero attached hydrogens (tertiary/aromatic N) is 1. The number of rotatable bonds is 6. The van der Waals surface area contributed by atoms with E-state index in [4.69, 9.17) is 11.6 Å². The highest BCUT2D eigenvalue weighted by Gasteiger charge is 2.15. The van der Waals surface area contributed by atoms with Gasteiger partial charge in [-0.3, -0.25) is 0 Å². The Kier molecular flexibility index (Phi) is 5.36. The normalized spacial score (nSPS) is 12.2. The molecular weight excluding hydrogens is 316 g/mol. The molecule has 0 saturated heterocycles. The number of halogens is 3. The van der Waals surface area contributed by atoms with Crippen LogP contribution in [-0.2, 0) is 0 Å². The maximum atomic E-state index is 13.8. The van der Waals surface area contributed by atoms with Crippen LogP contribution in [0.3, 0.4) is 0 Å². The Morgan fingerprint density at radius 1 is 1.29 bits per heavy atom. The van der Waals surface area contributed by atoms with Gasteiger partial charge in [0.2, 0.25) is 0 Å². The summed E-state index contributed by atoms with van der Waals surface area (Å²) in [5.41, 5.74) is 0. The van der Waals surface area contributed by atoms with E-state index < -0.39 is 11.6 Å². The number of hydrogen-bond acceptors (Lipinski definition) is 4. The van der Waals surface area contributed by atoms with E-state index in [0.29, 0.717) is 10.9 Å². The average molecular weight is 332 g/mol. The van der Waals surface area contributed by atoms with Gasteiger partial charge in [-0.15, -0.1) is 11.3 Å². The van der Waals surface area contributed by atoms with Crippen LogP contribution in [0.2, 0.25) is 4.34 Å². The molecular formula is C14H16ClF2N3S. The third kappa shape index (κ3) is 4.04. The summed E-state index contributed by atoms with van der Waals surface area (Å²) >= 11 is 7.29. The molecule has 1 unspecified atom stereocenters. The summed E-state index contributed by atoms with van der Waals surface area (Å²) < 4.78 is 28.1. The van der Waals surface area contributed by atoms with Crippen LogP contribution in [0.5, 0.6) is 0 Å². The van der Waals surface area contributed by atoms with E-state index in [0.717, 1.165) is 17.4 Å². The van der Waals surface area contributed by atoms with Crippen molar-refractivity contribution in [3.8, 4) is 0 Å². The highest BCUT2D eigenvalue weighted by Crippen LogP contribution is 2.29. The summed E-state index contributed by atoms with van der Waals surface area (Å²) in [5.74, 6) is -1.34. The second-order valence-corrected chi connectivity index (χ2v) is 6.33. The SMILES string of the molecule is CCCNc1nc(NC(C)c2ccc(Cl)s2)c(F)cc1F. The Balaban J connectivity index is 2.18. The predicted octanol–water partition coefficient (Wildman–Crippen LogP) is 5.07. The maximum absolute atomic E-state index is 13.8. The minimum atomic E-state index is -0.718. The van der Waals surface area contributed by atoms with Crippen LogP contribution >= 0.6 is 22.9 Å². The largest absolute Gasteiger partial charge is 0.368 e. The van der Waals surface area contributed by atoms with Crippen molar-refractivity contribution in [2.45, 2.75) is 26.3 Å². The van der Waals surface area contributed by atoms with Crippen molar-refractivity contribution in [1.82, 2.24) is 4.98 Å². The van der Waals surface area contributed by atoms with Gasteiger partial charge in [0.1, 0.15) is 0 Å². The fourth-order valence-electron chi connectivity index (χ4n) is 1.77. The molecule has 1 atom stereocenters. The standard InChI is InChI=1S/C14H16ClF2N3S/c1-3-6-18-13-9(16)7-10(17)14(20-13)19-8(2)11-4-5-12(15)21-11/h4-5,7-8H,3,6H2,1-2H3,(H2,18,19,20). The zero-order valence-corrected chi connectivity index (χ0v) is 13.3. The number of nitrogens with one attached hydrogen (secondary N) is 2. The predicted molar refractivity (Wildman–Crippen MR) is 84.3 cm³/mol. The molecule has 21 heavy (non-hydrogen) atoms. The summed E-state index contributed by atoms with van der Waals surface area (Å²) in [6.07, 6.45) is 0.825. The quantitative estimate of drug-likeness (QED) is 0.776. The molecule has 2 rings (SSSR count). The van der Waals surface area contributed by atoms with Crippen LogP contribution in [0, 0.1) is 11.6 Å². The number of pyridine rings is 1. The fourth-order valence-corrected chi connectivity index (χ4v) is 2.84. The number of thiophene rings is 1. The second-order valence-electron chi connectivity index (χ2n) is 4.58. The first-order valence-electron chi connectivity index (χ1n) is 6.63. The topological polar surface area (TPSA) is 37.0 Å². The average Bonchev–Trinajstić information content (AvgIpc) is 2.87. The van der Waals surface area contributed by atoms with Gasteiger partial charge in [0.05, 0.1) is 10.4 Å². The number of hydrogen-bond donors (Lipinski definition) is 2. The van der Waals surface area contributed by atoms with Gasteiger partial charge in [-0.25, -0.2) is 13.8 Å². The third-order valence-electron chi connectivity index (χ3n) is 2.85. The monoisotopic (exact) mass is 331 g/mol. The first-order valence-corrected chi connectivity index (χ1v) is 7.82. The van der Waals surface area contributed by atoms with Crippen molar-refractivity contribution >= 4 is 34.6 Å². The van der Waals surface area contributed by atoms with E-state index in [9.17, 15) is 8.78 Å². The first-order chi connectivity index (χ1) is 10.0. The smallest absolute Gasteiger partial charge is 0.168 e. The van der Waals surface area contributed by atoms with Crippen molar-refractivity contribution in [2.75, 3.05) is 17.2 Å². The molecule has 0 aliphatic heterocycles. The minimum absolute atomic E-state index is 0.0204. The highest BCUT2D eigenvalue weighted by molar-refractivity contribution is 7.16. The highest BCUT2D eigenvalue weighted by atomic mass is 35.5. The van der Waals surface area contributed by atoms with Crippen LogP contribution in [0.15, 0.2) is 18.2 Å². The Hall–Kier alpha value is -1.40. The zero-order chi connectivity index (χ0) is 15.4. The summed E-state index contributed by atoms with van der Waals surface area (Å²) in [7, 11) is 0. The molecule has 2 aromatic rings. The van der Waals surface area contributed by atoms with Crippen LogP contribution in [-0.4, -0.2) is 11.5 Å². The number of anilines is 2. The summed E-state index contributed by atoms with van der Waals surface area (Å²) in [6, 6.07) is 4.31. The van der Waals surface area contributed by atoms with Crippen LogP contribution in [0.4, 0.5) is 20.4 Å². The van der Waals surface area contributed by atoms with E-state index in [1.165, 1.54) is 11.3 Å². The second kappa shape index (κ2) is 7.04. The molecule has 2 heterocycles. The fraction of sp³-hybridized carbons (Fsp3) is 0.357. The Bertz CT molecular complexity index is 618. The molecule has 0 fully saturated rings. The molecule has 3 nitrogen and oxygen atoms in total. The van der Waals surface area contributed by atoms with Gasteiger partial charge in [0, 0.05) is 17.5 Å². The summed E-state index contributed by atoms with van der Waals surface area (Å²) in [5, 5.41) is 5.78. The Morgan fingerprint density at radius 3 is 2.62 bits per heavy atom. The molecule has 0 bridgehead atoms. The van der Waals surface area contributed by atoms with Gasteiger partial charge in [0.15, 0.2) is 23.3 Å². The van der Waals surface area contributed by atoms with E-state index in [1.54, 1.807) is 6.07 Å². The molecule has 114 valence electrons. The molecule has 0 aliphatic rings. The third-order valence-corrected chi connectivity index (χ3v) is 4.26. The van der Waals surface area contributed by atoms with Crippen molar-refractivity contribution in [3.63, 3.8) is 0 Å². The van der Waals surface area contributed by atoms with E-state index >= 15 is 0 Å². The molecule has 0 saturated carbocycles. The van der Waals surface area contributed by atoms with E-state index in [-0.39, 0.29) is 17.7 Å². The maximum Gasteiger partial charge on any atom is 0.168 e. The van der Waals surface area contributed by atoms with Crippen molar-refractivity contribution < 1.29 is 8.78 Å². The molecule has 0 aliphatic carbocycles. The molecule has 0 aromatic carbocycles. The summed E-state index contributed by atoms with van der Waals surface area (Å²) in [6.45, 7) is 4.40. The van der Waals surface area contributed by atoms with Crippen LogP contribution < -0.4 is 10.6 Å². The van der Waals surface area contributed by atoms with E-state index in [2.05, 4.69) is 15.6 Å². The van der Waals surface area contributed by atoms with Gasteiger partial charge >= 0.3 is 0 Å². The Morgan fingerprint density at radius 2 is 2.00 bits per heavy atom. The molecule has 0 radical (unpaired) electrons. The van der Waals surface area contributed by atoms with Crippen molar-refractivity contribution in [2.24, 2.45) is 0 Å². The number of aromatic nitrogens is 1. The lowest BCUT2D eigenvalue weighted by Gasteiger charge is -2.15. The first kappa shape index (κ1) is 16.0. The van der Waals surface area contributed by atoms with Crippen molar-refractivity contribution in [1.29, 1.82) is 0 Å². The molecule has 7 heteroatoms. The molecule has 2 N–H and O–H groups in total. The van der Waals surface area contributed by atoms with Gasteiger partial charge in [-0.2, -0.15) is 0 Å². The zero-order valence-electron chi connectivity index (χ0n) is 11.7. The lowest BCUT2D eigenvalue weighted by Crippen LogP contribution is -2.11. The van der Waals surface area contributed by atoms with Gasteiger partial charge < -0.3 is 10.6 Å². The lowest BCUT2D eigenvalue weighted by atomic mass is 10.2. The van der Waals surface area contributed by atoms with E-state index in [1.807, 2.05) is 19.9 Å². The molecule has 0 amide bonds. The van der Waals surface area contributed by atoms with Gasteiger partial charge in [-0.05, 0) is 25.5 Å². The van der Waals surface area contributed by atoms with Crippen LogP contribution in [0.25, 0.3) is 0 Å². The molecule has 0 spiro atoms. The Labute approximate surface area is 131 Å². The van der Waals surface area contributed by atoms with Crippen molar-refractivity contribution in [3.05, 3.63) is 39.0 Å². The van der Waals surface area contributed by atoms with Gasteiger partial charge in [-0.1, -0.05) is 18.5 Å². The molecule has 2 aromatic heterocycles. The minimum Gasteiger partial charge on any atom is -0.368 e. The van der Waals surface area contributed by atoms with Crippen LogP contribution in [0.1, 0.15) is 31.2 Å². The lowest BCUT2D eigenvalue weighted by molar-refractivity contribution is 0.576.